The van der Waals surface area contributed by atoms with Crippen molar-refractivity contribution in [3.05, 3.63) is 249 Å². The van der Waals surface area contributed by atoms with E-state index in [2.05, 4.69) is 264 Å². The van der Waals surface area contributed by atoms with E-state index in [-0.39, 0.29) is 27.1 Å². The highest BCUT2D eigenvalue weighted by atomic mass is 14.5. The Morgan fingerprint density at radius 2 is 0.587 bits per heavy atom. The highest BCUT2D eigenvalue weighted by Crippen LogP contribution is 2.62. The monoisotopic (exact) mass is 1200 g/mol. The molecule has 0 unspecified atom stereocenters. The Balaban J connectivity index is 0.699. The first kappa shape index (κ1) is 59.0. The van der Waals surface area contributed by atoms with Gasteiger partial charge in [0.1, 0.15) is 0 Å². The fourth-order valence-electron chi connectivity index (χ4n) is 19.0. The van der Waals surface area contributed by atoms with E-state index in [1.807, 2.05) is 0 Å². The predicted octanol–water partition coefficient (Wildman–Crippen LogP) is 26.3. The zero-order chi connectivity index (χ0) is 63.2. The molecule has 11 aromatic carbocycles. The third-order valence-corrected chi connectivity index (χ3v) is 24.2. The lowest BCUT2D eigenvalue weighted by Crippen LogP contribution is -2.25. The van der Waals surface area contributed by atoms with Gasteiger partial charge in [0.25, 0.3) is 0 Å². The summed E-state index contributed by atoms with van der Waals surface area (Å²) in [7, 11) is 0. The molecule has 0 heteroatoms. The second-order valence-corrected chi connectivity index (χ2v) is 31.0. The van der Waals surface area contributed by atoms with E-state index in [1.165, 1.54) is 251 Å². The molecule has 0 bridgehead atoms. The molecule has 11 aromatic rings. The van der Waals surface area contributed by atoms with Crippen molar-refractivity contribution in [3.63, 3.8) is 0 Å². The molecule has 0 heterocycles. The minimum Gasteiger partial charge on any atom is -0.0654 e. The van der Waals surface area contributed by atoms with Gasteiger partial charge in [0.2, 0.25) is 0 Å². The maximum Gasteiger partial charge on any atom is 0.0215 e. The first-order valence-corrected chi connectivity index (χ1v) is 35.6. The molecular weight excluding hydrogens is 1110 g/mol. The van der Waals surface area contributed by atoms with Gasteiger partial charge in [0, 0.05) is 27.1 Å². The molecule has 0 aliphatic heterocycles. The first-order chi connectivity index (χ1) is 44.5. The molecule has 0 amide bonds. The molecule has 0 saturated heterocycles. The van der Waals surface area contributed by atoms with E-state index in [1.54, 1.807) is 11.1 Å². The van der Waals surface area contributed by atoms with Gasteiger partial charge >= 0.3 is 0 Å². The fraction of sp³-hybridized carbons (Fsp3) is 0.326. The Hall–Kier alpha value is -8.06. The highest BCUT2D eigenvalue weighted by Gasteiger charge is 2.47. The van der Waals surface area contributed by atoms with Crippen LogP contribution in [0.15, 0.2) is 188 Å². The lowest BCUT2D eigenvalue weighted by molar-refractivity contribution is 0.398. The lowest BCUT2D eigenvalue weighted by atomic mass is 9.70. The number of fused-ring (bicyclic) bond motifs is 19. The number of benzene rings is 11. The van der Waals surface area contributed by atoms with Gasteiger partial charge < -0.3 is 0 Å². The van der Waals surface area contributed by atoms with Crippen LogP contribution in [0.25, 0.3) is 111 Å². The van der Waals surface area contributed by atoms with E-state index in [9.17, 15) is 0 Å². The predicted molar refractivity (Wildman–Crippen MR) is 395 cm³/mol. The van der Waals surface area contributed by atoms with Gasteiger partial charge in [-0.1, -0.05) is 286 Å². The SMILES string of the molecule is CCCCCCCCC1(CCCCCCCC)c2ccccc2-c2ccc(-c3ccc4c(c3)C(C)(C)c3cc(-c5ccc(-c6cc7c(c8ccccc68)-c6cc8c(cc6C7(C)C)-c6cc7c(cc6C8(C)C)-c6c(cc(C)c8ccccc68)C7(C)C)cc5)ccc3-4)cc21. The molecule has 0 N–H and O–H groups in total. The van der Waals surface area contributed by atoms with E-state index < -0.39 is 0 Å². The first-order valence-electron chi connectivity index (χ1n) is 35.6. The Morgan fingerprint density at radius 1 is 0.239 bits per heavy atom. The molecule has 5 aliphatic rings. The average Bonchev–Trinajstić information content (AvgIpc) is 1.53. The van der Waals surface area contributed by atoms with E-state index in [0.29, 0.717) is 0 Å². The second kappa shape index (κ2) is 21.8. The van der Waals surface area contributed by atoms with Crippen molar-refractivity contribution < 1.29 is 0 Å². The summed E-state index contributed by atoms with van der Waals surface area (Å²) in [6.07, 6.45) is 18.5. The standard InChI is InChI=1S/C92H92/c1-12-14-16-18-20-28-46-92(47-29-21-19-17-15-13-2)76-35-27-26-32-65(76)68-45-42-62(51-83(68)92)61-41-44-67-66-43-40-60(49-77(66)88(4,5)78(67)50-61)58-36-38-59(39-37-58)71-52-85-87(70-34-25-23-31-64(70)71)75-56-80-73(54-82(75)91(85,10)11)72-53-81-74(55-79(72)89(80,6)7)86-69-33-24-22-30-63(69)57(3)48-84(86)90(81,8)9/h22-27,30-45,48-56H,12-21,28-29,46-47H2,1-11H3. The average molecular weight is 1200 g/mol. The van der Waals surface area contributed by atoms with Crippen LogP contribution in [-0.2, 0) is 27.1 Å². The van der Waals surface area contributed by atoms with Crippen molar-refractivity contribution in [3.8, 4) is 89.0 Å². The van der Waals surface area contributed by atoms with Gasteiger partial charge in [-0.05, 0) is 240 Å². The van der Waals surface area contributed by atoms with E-state index in [0.717, 1.165) is 0 Å². The van der Waals surface area contributed by atoms with Crippen molar-refractivity contribution in [1.82, 2.24) is 0 Å². The molecule has 5 aliphatic carbocycles. The Morgan fingerprint density at radius 3 is 1.13 bits per heavy atom. The Bertz CT molecular complexity index is 4810. The maximum atomic E-state index is 2.64. The summed E-state index contributed by atoms with van der Waals surface area (Å²) in [5.74, 6) is 0. The van der Waals surface area contributed by atoms with Crippen LogP contribution in [0, 0.1) is 6.92 Å². The maximum absolute atomic E-state index is 2.64. The molecule has 0 atom stereocenters. The number of aryl methyl sites for hydroxylation is 1. The highest BCUT2D eigenvalue weighted by molar-refractivity contribution is 6.10. The van der Waals surface area contributed by atoms with Crippen molar-refractivity contribution >= 4 is 21.5 Å². The van der Waals surface area contributed by atoms with E-state index >= 15 is 0 Å². The minimum atomic E-state index is -0.205. The third-order valence-electron chi connectivity index (χ3n) is 24.2. The molecule has 16 rings (SSSR count). The molecule has 460 valence electrons. The van der Waals surface area contributed by atoms with Gasteiger partial charge in [-0.2, -0.15) is 0 Å². The van der Waals surface area contributed by atoms with Gasteiger partial charge in [-0.25, -0.2) is 0 Å². The molecule has 0 aromatic heterocycles. The van der Waals surface area contributed by atoms with Gasteiger partial charge in [0.05, 0.1) is 0 Å². The van der Waals surface area contributed by atoms with E-state index in [4.69, 9.17) is 0 Å². The van der Waals surface area contributed by atoms with Crippen molar-refractivity contribution in [1.29, 1.82) is 0 Å². The van der Waals surface area contributed by atoms with Crippen LogP contribution >= 0.6 is 0 Å². The van der Waals surface area contributed by atoms with Crippen LogP contribution in [0.5, 0.6) is 0 Å². The summed E-state index contributed by atoms with van der Waals surface area (Å²) in [6.45, 7) is 26.6. The van der Waals surface area contributed by atoms with Crippen LogP contribution in [0.1, 0.15) is 220 Å². The molecule has 92 heavy (non-hydrogen) atoms. The summed E-state index contributed by atoms with van der Waals surface area (Å²) < 4.78 is 0. The van der Waals surface area contributed by atoms with Crippen LogP contribution < -0.4 is 0 Å². The summed E-state index contributed by atoms with van der Waals surface area (Å²) >= 11 is 0. The zero-order valence-electron chi connectivity index (χ0n) is 56.8. The number of unbranched alkanes of at least 4 members (excludes halogenated alkanes) is 10. The molecule has 0 nitrogen and oxygen atoms in total. The second-order valence-electron chi connectivity index (χ2n) is 31.0. The normalized spacial score (nSPS) is 16.2. The van der Waals surface area contributed by atoms with Gasteiger partial charge in [-0.3, -0.25) is 0 Å². The summed E-state index contributed by atoms with van der Waals surface area (Å²) in [4.78, 5) is 0. The molecule has 0 saturated carbocycles. The fourth-order valence-corrected chi connectivity index (χ4v) is 19.0. The molecule has 0 radical (unpaired) electrons. The quantitative estimate of drug-likeness (QED) is 0.0797. The Labute approximate surface area is 549 Å². The number of hydrogen-bond donors (Lipinski definition) is 0. The summed E-state index contributed by atoms with van der Waals surface area (Å²) in [5.41, 5.74) is 37.4. The topological polar surface area (TPSA) is 0 Å². The molecule has 0 spiro atoms. The third kappa shape index (κ3) is 8.73. The number of hydrogen-bond acceptors (Lipinski definition) is 0. The van der Waals surface area contributed by atoms with Crippen LogP contribution in [0.4, 0.5) is 0 Å². The van der Waals surface area contributed by atoms with Crippen LogP contribution in [-0.4, -0.2) is 0 Å². The molecular formula is C92H92. The Kier molecular flexibility index (Phi) is 14.0. The number of rotatable bonds is 17. The summed E-state index contributed by atoms with van der Waals surface area (Å²) in [6, 6.07) is 75.0. The zero-order valence-corrected chi connectivity index (χ0v) is 56.8. The van der Waals surface area contributed by atoms with Gasteiger partial charge in [0.15, 0.2) is 0 Å². The molecule has 0 fully saturated rings. The van der Waals surface area contributed by atoms with Crippen LogP contribution in [0.2, 0.25) is 0 Å². The van der Waals surface area contributed by atoms with Crippen molar-refractivity contribution in [2.24, 2.45) is 0 Å². The summed E-state index contributed by atoms with van der Waals surface area (Å²) in [5, 5.41) is 5.39. The van der Waals surface area contributed by atoms with Gasteiger partial charge in [-0.15, -0.1) is 0 Å². The smallest absolute Gasteiger partial charge is 0.0215 e. The lowest BCUT2D eigenvalue weighted by Gasteiger charge is -2.33. The minimum absolute atomic E-state index is 0.0637. The van der Waals surface area contributed by atoms with Crippen molar-refractivity contribution in [2.45, 2.75) is 193 Å². The van der Waals surface area contributed by atoms with Crippen molar-refractivity contribution in [2.75, 3.05) is 0 Å². The largest absolute Gasteiger partial charge is 0.0654 e. The van der Waals surface area contributed by atoms with Crippen LogP contribution in [0.3, 0.4) is 0 Å².